The van der Waals surface area contributed by atoms with Gasteiger partial charge in [-0.1, -0.05) is 25.1 Å². The summed E-state index contributed by atoms with van der Waals surface area (Å²) in [5.41, 5.74) is 3.22. The molecule has 4 heteroatoms. The van der Waals surface area contributed by atoms with Gasteiger partial charge in [0.1, 0.15) is 0 Å². The van der Waals surface area contributed by atoms with Crippen LogP contribution < -0.4 is 5.32 Å². The summed E-state index contributed by atoms with van der Waals surface area (Å²) in [6, 6.07) is 6.06. The summed E-state index contributed by atoms with van der Waals surface area (Å²) in [4.78, 5) is 14.1. The normalized spacial score (nSPS) is 18.3. The quantitative estimate of drug-likeness (QED) is 0.920. The van der Waals surface area contributed by atoms with E-state index in [1.54, 1.807) is 4.90 Å². The molecule has 1 heterocycles. The van der Waals surface area contributed by atoms with Gasteiger partial charge in [0.15, 0.2) is 0 Å². The molecular weight excluding hydrogens is 264 g/mol. The first-order valence-corrected chi connectivity index (χ1v) is 7.84. The second-order valence-electron chi connectivity index (χ2n) is 5.76. The standard InChI is InChI=1S/C17H26N2O2/c1-4-14-9-7-8-13(2)16(14)18-17(20)19(3)12-15-10-5-6-11-21-15/h7-9,15H,4-6,10-12H2,1-3H3,(H,18,20)/t15-/m1/s1. The van der Waals surface area contributed by atoms with Crippen LogP contribution in [0, 0.1) is 6.92 Å². The number of hydrogen-bond donors (Lipinski definition) is 1. The molecule has 0 saturated carbocycles. The molecule has 1 fully saturated rings. The minimum atomic E-state index is -0.0619. The van der Waals surface area contributed by atoms with E-state index in [9.17, 15) is 4.79 Å². The number of amides is 2. The molecule has 21 heavy (non-hydrogen) atoms. The Kier molecular flexibility index (Phi) is 5.62. The zero-order valence-corrected chi connectivity index (χ0v) is 13.3. The first kappa shape index (κ1) is 15.8. The number of nitrogens with one attached hydrogen (secondary N) is 1. The third kappa shape index (κ3) is 4.21. The lowest BCUT2D eigenvalue weighted by atomic mass is 10.1. The van der Waals surface area contributed by atoms with Gasteiger partial charge in [-0.05, 0) is 43.7 Å². The lowest BCUT2D eigenvalue weighted by molar-refractivity contribution is 0.00463. The molecule has 1 N–H and O–H groups in total. The molecule has 1 aliphatic heterocycles. The second kappa shape index (κ2) is 7.46. The summed E-state index contributed by atoms with van der Waals surface area (Å²) >= 11 is 0. The fraction of sp³-hybridized carbons (Fsp3) is 0.588. The van der Waals surface area contributed by atoms with Crippen molar-refractivity contribution in [1.82, 2.24) is 4.90 Å². The number of para-hydroxylation sites is 1. The third-order valence-electron chi connectivity index (χ3n) is 4.07. The van der Waals surface area contributed by atoms with Crippen molar-refractivity contribution in [2.45, 2.75) is 45.6 Å². The highest BCUT2D eigenvalue weighted by molar-refractivity contribution is 5.91. The Balaban J connectivity index is 1.97. The van der Waals surface area contributed by atoms with Crippen LogP contribution >= 0.6 is 0 Å². The summed E-state index contributed by atoms with van der Waals surface area (Å²) < 4.78 is 5.70. The minimum Gasteiger partial charge on any atom is -0.376 e. The van der Waals surface area contributed by atoms with Gasteiger partial charge in [0.05, 0.1) is 6.10 Å². The number of benzene rings is 1. The van der Waals surface area contributed by atoms with Crippen LogP contribution in [0.15, 0.2) is 18.2 Å². The number of carbonyl (C=O) groups excluding carboxylic acids is 1. The number of hydrogen-bond acceptors (Lipinski definition) is 2. The van der Waals surface area contributed by atoms with Gasteiger partial charge in [0.2, 0.25) is 0 Å². The van der Waals surface area contributed by atoms with Crippen molar-refractivity contribution in [3.63, 3.8) is 0 Å². The van der Waals surface area contributed by atoms with Crippen LogP contribution in [-0.2, 0) is 11.2 Å². The molecule has 2 amide bonds. The van der Waals surface area contributed by atoms with Crippen molar-refractivity contribution in [3.05, 3.63) is 29.3 Å². The van der Waals surface area contributed by atoms with Gasteiger partial charge in [-0.3, -0.25) is 0 Å². The zero-order valence-electron chi connectivity index (χ0n) is 13.3. The van der Waals surface area contributed by atoms with Crippen molar-refractivity contribution in [2.75, 3.05) is 25.5 Å². The molecule has 0 unspecified atom stereocenters. The summed E-state index contributed by atoms with van der Waals surface area (Å²) in [7, 11) is 1.83. The number of rotatable bonds is 4. The number of aryl methyl sites for hydroxylation is 2. The number of anilines is 1. The minimum absolute atomic E-state index is 0.0619. The lowest BCUT2D eigenvalue weighted by Crippen LogP contribution is -2.39. The Hall–Kier alpha value is -1.55. The van der Waals surface area contributed by atoms with E-state index in [2.05, 4.69) is 18.3 Å². The Morgan fingerprint density at radius 1 is 1.43 bits per heavy atom. The predicted molar refractivity (Wildman–Crippen MR) is 85.8 cm³/mol. The van der Waals surface area contributed by atoms with Crippen molar-refractivity contribution in [1.29, 1.82) is 0 Å². The Morgan fingerprint density at radius 3 is 2.90 bits per heavy atom. The van der Waals surface area contributed by atoms with Crippen LogP contribution in [0.4, 0.5) is 10.5 Å². The van der Waals surface area contributed by atoms with E-state index in [-0.39, 0.29) is 12.1 Å². The van der Waals surface area contributed by atoms with Gasteiger partial charge in [-0.15, -0.1) is 0 Å². The molecular formula is C17H26N2O2. The van der Waals surface area contributed by atoms with Gasteiger partial charge in [-0.25, -0.2) is 4.79 Å². The van der Waals surface area contributed by atoms with E-state index < -0.39 is 0 Å². The molecule has 0 aliphatic carbocycles. The van der Waals surface area contributed by atoms with E-state index in [1.807, 2.05) is 26.1 Å². The smallest absolute Gasteiger partial charge is 0.321 e. The van der Waals surface area contributed by atoms with E-state index >= 15 is 0 Å². The fourth-order valence-electron chi connectivity index (χ4n) is 2.74. The van der Waals surface area contributed by atoms with Crippen LogP contribution in [0.2, 0.25) is 0 Å². The van der Waals surface area contributed by atoms with Crippen LogP contribution in [0.25, 0.3) is 0 Å². The molecule has 0 aromatic heterocycles. The van der Waals surface area contributed by atoms with Crippen molar-refractivity contribution >= 4 is 11.7 Å². The van der Waals surface area contributed by atoms with Crippen LogP contribution in [0.1, 0.15) is 37.3 Å². The molecule has 0 spiro atoms. The van der Waals surface area contributed by atoms with Crippen molar-refractivity contribution < 1.29 is 9.53 Å². The molecule has 116 valence electrons. The van der Waals surface area contributed by atoms with Crippen LogP contribution in [0.3, 0.4) is 0 Å². The van der Waals surface area contributed by atoms with Crippen LogP contribution in [0.5, 0.6) is 0 Å². The van der Waals surface area contributed by atoms with Gasteiger partial charge in [-0.2, -0.15) is 0 Å². The highest BCUT2D eigenvalue weighted by atomic mass is 16.5. The molecule has 1 saturated heterocycles. The highest BCUT2D eigenvalue weighted by Gasteiger charge is 2.19. The lowest BCUT2D eigenvalue weighted by Gasteiger charge is -2.28. The average molecular weight is 290 g/mol. The molecule has 0 radical (unpaired) electrons. The third-order valence-corrected chi connectivity index (χ3v) is 4.07. The molecule has 1 aliphatic rings. The molecule has 4 nitrogen and oxygen atoms in total. The van der Waals surface area contributed by atoms with Crippen molar-refractivity contribution in [3.8, 4) is 0 Å². The first-order valence-electron chi connectivity index (χ1n) is 7.84. The van der Waals surface area contributed by atoms with E-state index in [4.69, 9.17) is 4.74 Å². The Morgan fingerprint density at radius 2 is 2.24 bits per heavy atom. The van der Waals surface area contributed by atoms with E-state index in [0.717, 1.165) is 37.1 Å². The van der Waals surface area contributed by atoms with Crippen molar-refractivity contribution in [2.24, 2.45) is 0 Å². The Labute approximate surface area is 127 Å². The fourth-order valence-corrected chi connectivity index (χ4v) is 2.74. The Bertz CT molecular complexity index is 482. The zero-order chi connectivity index (χ0) is 15.2. The van der Waals surface area contributed by atoms with Crippen LogP contribution in [-0.4, -0.2) is 37.2 Å². The number of carbonyl (C=O) groups is 1. The summed E-state index contributed by atoms with van der Waals surface area (Å²) in [6.07, 6.45) is 4.46. The summed E-state index contributed by atoms with van der Waals surface area (Å²) in [5.74, 6) is 0. The van der Waals surface area contributed by atoms with Gasteiger partial charge < -0.3 is 15.0 Å². The van der Waals surface area contributed by atoms with Gasteiger partial charge in [0, 0.05) is 25.9 Å². The second-order valence-corrected chi connectivity index (χ2v) is 5.76. The van der Waals surface area contributed by atoms with Gasteiger partial charge >= 0.3 is 6.03 Å². The number of likely N-dealkylation sites (N-methyl/N-ethyl adjacent to an activating group) is 1. The van der Waals surface area contributed by atoms with E-state index in [0.29, 0.717) is 6.54 Å². The van der Waals surface area contributed by atoms with Gasteiger partial charge in [0.25, 0.3) is 0 Å². The highest BCUT2D eigenvalue weighted by Crippen LogP contribution is 2.21. The molecule has 1 aromatic carbocycles. The number of ether oxygens (including phenoxy) is 1. The van der Waals surface area contributed by atoms with E-state index in [1.165, 1.54) is 12.0 Å². The number of nitrogens with zero attached hydrogens (tertiary/aromatic N) is 1. The maximum absolute atomic E-state index is 12.4. The summed E-state index contributed by atoms with van der Waals surface area (Å²) in [6.45, 7) is 5.60. The predicted octanol–water partition coefficient (Wildman–Crippen LogP) is 3.59. The monoisotopic (exact) mass is 290 g/mol. The SMILES string of the molecule is CCc1cccc(C)c1NC(=O)N(C)C[C@H]1CCCCO1. The number of urea groups is 1. The molecule has 1 atom stereocenters. The average Bonchev–Trinajstić information content (AvgIpc) is 2.50. The first-order chi connectivity index (χ1) is 10.1. The largest absolute Gasteiger partial charge is 0.376 e. The molecule has 2 rings (SSSR count). The molecule has 0 bridgehead atoms. The maximum atomic E-state index is 12.4. The summed E-state index contributed by atoms with van der Waals surface area (Å²) in [5, 5.41) is 3.05. The molecule has 1 aromatic rings. The maximum Gasteiger partial charge on any atom is 0.321 e. The topological polar surface area (TPSA) is 41.6 Å².